The highest BCUT2D eigenvalue weighted by Gasteiger charge is 2.04. The molecule has 0 aliphatic heterocycles. The number of carbonyl (C=O) groups is 1. The van der Waals surface area contributed by atoms with E-state index >= 15 is 0 Å². The topological polar surface area (TPSA) is 35.5 Å². The molecule has 0 spiro atoms. The molecule has 0 fully saturated rings. The zero-order valence-corrected chi connectivity index (χ0v) is 10.9. The maximum atomic E-state index is 11.1. The summed E-state index contributed by atoms with van der Waals surface area (Å²) in [7, 11) is 0. The van der Waals surface area contributed by atoms with Gasteiger partial charge in [-0.05, 0) is 20.3 Å². The quantitative estimate of drug-likeness (QED) is 0.367. The molecule has 0 heterocycles. The Hall–Kier alpha value is -0.220. The summed E-state index contributed by atoms with van der Waals surface area (Å²) in [5.41, 5.74) is 0. The second-order valence-electron chi connectivity index (χ2n) is 3.88. The van der Waals surface area contributed by atoms with Gasteiger partial charge in [-0.2, -0.15) is 0 Å². The Morgan fingerprint density at radius 1 is 1.27 bits per heavy atom. The average Bonchev–Trinajstić information content (AvgIpc) is 2.09. The van der Waals surface area contributed by atoms with E-state index in [1.165, 1.54) is 0 Å². The maximum absolute atomic E-state index is 11.1. The first-order valence-corrected chi connectivity index (χ1v) is 6.46. The van der Waals surface area contributed by atoms with Crippen molar-refractivity contribution in [1.82, 2.24) is 0 Å². The summed E-state index contributed by atoms with van der Waals surface area (Å²) in [5.74, 6) is 0.571. The molecule has 0 saturated carbocycles. The van der Waals surface area contributed by atoms with Crippen LogP contribution in [0.5, 0.6) is 0 Å². The van der Waals surface area contributed by atoms with Crippen LogP contribution in [0.1, 0.15) is 40.5 Å². The van der Waals surface area contributed by atoms with Crippen LogP contribution in [-0.2, 0) is 14.3 Å². The Labute approximate surface area is 96.9 Å². The molecule has 4 heteroatoms. The smallest absolute Gasteiger partial charge is 0.306 e. The van der Waals surface area contributed by atoms with Gasteiger partial charge in [-0.3, -0.25) is 4.79 Å². The first kappa shape index (κ1) is 14.8. The molecule has 0 aromatic rings. The molecule has 15 heavy (non-hydrogen) atoms. The maximum Gasteiger partial charge on any atom is 0.306 e. The molecule has 0 rings (SSSR count). The van der Waals surface area contributed by atoms with Crippen LogP contribution in [0.4, 0.5) is 0 Å². The molecular weight excluding hydrogens is 212 g/mol. The summed E-state index contributed by atoms with van der Waals surface area (Å²) >= 11 is 1.76. The lowest BCUT2D eigenvalue weighted by Gasteiger charge is -2.08. The van der Waals surface area contributed by atoms with Crippen LogP contribution in [0.3, 0.4) is 0 Å². The van der Waals surface area contributed by atoms with Crippen LogP contribution in [0.25, 0.3) is 0 Å². The molecule has 0 aliphatic carbocycles. The van der Waals surface area contributed by atoms with Crippen molar-refractivity contribution in [1.29, 1.82) is 0 Å². The lowest BCUT2D eigenvalue weighted by atomic mass is 10.3. The Morgan fingerprint density at radius 2 is 1.93 bits per heavy atom. The van der Waals surface area contributed by atoms with E-state index in [0.717, 1.165) is 6.42 Å². The van der Waals surface area contributed by atoms with Crippen LogP contribution >= 0.6 is 11.8 Å². The van der Waals surface area contributed by atoms with E-state index < -0.39 is 0 Å². The van der Waals surface area contributed by atoms with E-state index in [9.17, 15) is 4.79 Å². The molecule has 90 valence electrons. The van der Waals surface area contributed by atoms with E-state index in [1.807, 2.05) is 13.8 Å². The molecule has 0 aromatic heterocycles. The van der Waals surface area contributed by atoms with Crippen molar-refractivity contribution in [2.75, 3.05) is 12.5 Å². The van der Waals surface area contributed by atoms with Crippen molar-refractivity contribution >= 4 is 17.7 Å². The molecular formula is C11H22O3S. The highest BCUT2D eigenvalue weighted by atomic mass is 32.2. The van der Waals surface area contributed by atoms with Crippen molar-refractivity contribution in [3.05, 3.63) is 0 Å². The fraction of sp³-hybridized carbons (Fsp3) is 0.909. The van der Waals surface area contributed by atoms with Gasteiger partial charge in [0, 0.05) is 18.3 Å². The second kappa shape index (κ2) is 9.04. The zero-order chi connectivity index (χ0) is 11.7. The van der Waals surface area contributed by atoms with Gasteiger partial charge in [0.25, 0.3) is 0 Å². The van der Waals surface area contributed by atoms with E-state index in [1.54, 1.807) is 11.8 Å². The third kappa shape index (κ3) is 11.7. The number of hydrogen-bond acceptors (Lipinski definition) is 4. The normalized spacial score (nSPS) is 11.1. The van der Waals surface area contributed by atoms with Gasteiger partial charge in [-0.1, -0.05) is 13.8 Å². The van der Waals surface area contributed by atoms with Gasteiger partial charge in [0.2, 0.25) is 0 Å². The molecule has 0 radical (unpaired) electrons. The Morgan fingerprint density at radius 3 is 2.47 bits per heavy atom. The third-order valence-corrected chi connectivity index (χ3v) is 2.49. The Kier molecular flexibility index (Phi) is 8.91. The first-order chi connectivity index (χ1) is 7.02. The SMILES string of the molecule is CC(C)OC(=O)CCCOCSC(C)C. The van der Waals surface area contributed by atoms with Gasteiger partial charge in [-0.25, -0.2) is 0 Å². The lowest BCUT2D eigenvalue weighted by Crippen LogP contribution is -2.11. The van der Waals surface area contributed by atoms with Crippen molar-refractivity contribution in [3.63, 3.8) is 0 Å². The summed E-state index contributed by atoms with van der Waals surface area (Å²) in [4.78, 5) is 11.1. The number of carbonyl (C=O) groups excluding carboxylic acids is 1. The summed E-state index contributed by atoms with van der Waals surface area (Å²) in [6, 6.07) is 0. The van der Waals surface area contributed by atoms with Gasteiger partial charge < -0.3 is 9.47 Å². The van der Waals surface area contributed by atoms with E-state index in [0.29, 0.717) is 24.2 Å². The highest BCUT2D eigenvalue weighted by Crippen LogP contribution is 2.09. The van der Waals surface area contributed by atoms with Gasteiger partial charge >= 0.3 is 5.97 Å². The fourth-order valence-electron chi connectivity index (χ4n) is 0.884. The molecule has 0 aromatic carbocycles. The molecule has 0 unspecified atom stereocenters. The summed E-state index contributed by atoms with van der Waals surface area (Å²) in [6.07, 6.45) is 1.17. The molecule has 0 atom stereocenters. The second-order valence-corrected chi connectivity index (χ2v) is 5.40. The first-order valence-electron chi connectivity index (χ1n) is 5.41. The summed E-state index contributed by atoms with van der Waals surface area (Å²) < 4.78 is 10.4. The minimum absolute atomic E-state index is 0.0186. The van der Waals surface area contributed by atoms with Crippen molar-refractivity contribution < 1.29 is 14.3 Å². The molecule has 0 aliphatic rings. The minimum atomic E-state index is -0.134. The fourth-order valence-corrected chi connectivity index (χ4v) is 1.37. The van der Waals surface area contributed by atoms with Gasteiger partial charge in [0.05, 0.1) is 12.0 Å². The predicted molar refractivity (Wildman–Crippen MR) is 64.0 cm³/mol. The molecule has 3 nitrogen and oxygen atoms in total. The third-order valence-electron chi connectivity index (χ3n) is 1.52. The average molecular weight is 234 g/mol. The highest BCUT2D eigenvalue weighted by molar-refractivity contribution is 7.99. The molecule has 0 saturated heterocycles. The summed E-state index contributed by atoms with van der Waals surface area (Å²) in [6.45, 7) is 8.61. The van der Waals surface area contributed by atoms with E-state index in [2.05, 4.69) is 13.8 Å². The Bertz CT molecular complexity index is 169. The van der Waals surface area contributed by atoms with Gasteiger partial charge in [0.1, 0.15) is 0 Å². The van der Waals surface area contributed by atoms with Gasteiger partial charge in [-0.15, -0.1) is 11.8 Å². The van der Waals surface area contributed by atoms with E-state index in [4.69, 9.17) is 9.47 Å². The van der Waals surface area contributed by atoms with Crippen molar-refractivity contribution in [2.24, 2.45) is 0 Å². The number of thioether (sulfide) groups is 1. The number of hydrogen-bond donors (Lipinski definition) is 0. The number of esters is 1. The van der Waals surface area contributed by atoms with Crippen LogP contribution in [-0.4, -0.2) is 29.9 Å². The van der Waals surface area contributed by atoms with Crippen molar-refractivity contribution in [3.8, 4) is 0 Å². The zero-order valence-electron chi connectivity index (χ0n) is 10.1. The largest absolute Gasteiger partial charge is 0.463 e. The van der Waals surface area contributed by atoms with E-state index in [-0.39, 0.29) is 12.1 Å². The summed E-state index contributed by atoms with van der Waals surface area (Å²) in [5, 5.41) is 0.593. The Balaban J connectivity index is 3.20. The van der Waals surface area contributed by atoms with Crippen LogP contribution < -0.4 is 0 Å². The monoisotopic (exact) mass is 234 g/mol. The number of rotatable bonds is 8. The standard InChI is InChI=1S/C11H22O3S/c1-9(2)14-11(12)6-5-7-13-8-15-10(3)4/h9-10H,5-8H2,1-4H3. The minimum Gasteiger partial charge on any atom is -0.463 e. The molecule has 0 N–H and O–H groups in total. The van der Waals surface area contributed by atoms with Crippen LogP contribution in [0.2, 0.25) is 0 Å². The van der Waals surface area contributed by atoms with Crippen LogP contribution in [0, 0.1) is 0 Å². The molecule has 0 bridgehead atoms. The van der Waals surface area contributed by atoms with Crippen molar-refractivity contribution in [2.45, 2.75) is 51.9 Å². The number of ether oxygens (including phenoxy) is 2. The molecule has 0 amide bonds. The predicted octanol–water partition coefficient (Wildman–Crippen LogP) is 2.83. The van der Waals surface area contributed by atoms with Gasteiger partial charge in [0.15, 0.2) is 0 Å². The van der Waals surface area contributed by atoms with Crippen LogP contribution in [0.15, 0.2) is 0 Å². The lowest BCUT2D eigenvalue weighted by molar-refractivity contribution is -0.147.